The predicted molar refractivity (Wildman–Crippen MR) is 89.4 cm³/mol. The molecule has 2 rings (SSSR count). The van der Waals surface area contributed by atoms with Crippen molar-refractivity contribution < 1.29 is 4.74 Å². The molecule has 0 radical (unpaired) electrons. The Morgan fingerprint density at radius 1 is 1.29 bits per heavy atom. The molecule has 1 fully saturated rings. The van der Waals surface area contributed by atoms with Crippen molar-refractivity contribution in [3.8, 4) is 5.75 Å². The molecule has 21 heavy (non-hydrogen) atoms. The molecule has 0 aliphatic carbocycles. The Hall–Kier alpha value is -1.26. The summed E-state index contributed by atoms with van der Waals surface area (Å²) in [5.41, 5.74) is 2.72. The van der Waals surface area contributed by atoms with Gasteiger partial charge in [-0.3, -0.25) is 4.90 Å². The monoisotopic (exact) mass is 291 g/mol. The molecule has 1 unspecified atom stereocenters. The normalized spacial score (nSPS) is 20.4. The first-order valence-corrected chi connectivity index (χ1v) is 7.71. The van der Waals surface area contributed by atoms with Gasteiger partial charge in [0.1, 0.15) is 5.75 Å². The molecule has 1 aromatic carbocycles. The van der Waals surface area contributed by atoms with E-state index in [-0.39, 0.29) is 11.6 Å². The van der Waals surface area contributed by atoms with Crippen LogP contribution in [0.4, 0.5) is 5.69 Å². The third-order valence-electron chi connectivity index (χ3n) is 4.79. The first kappa shape index (κ1) is 16.1. The van der Waals surface area contributed by atoms with E-state index in [9.17, 15) is 0 Å². The topological polar surface area (TPSA) is 27.7 Å². The van der Waals surface area contributed by atoms with E-state index in [1.165, 1.54) is 11.3 Å². The number of likely N-dealkylation sites (N-methyl/N-ethyl adjacent to an activating group) is 1. The van der Waals surface area contributed by atoms with E-state index in [0.29, 0.717) is 0 Å². The largest absolute Gasteiger partial charge is 0.496 e. The van der Waals surface area contributed by atoms with Crippen molar-refractivity contribution in [3.05, 3.63) is 23.8 Å². The number of methoxy groups -OCH3 is 1. The van der Waals surface area contributed by atoms with Crippen molar-refractivity contribution >= 4 is 5.69 Å². The number of piperazine rings is 1. The van der Waals surface area contributed by atoms with Gasteiger partial charge in [-0.15, -0.1) is 0 Å². The van der Waals surface area contributed by atoms with Crippen LogP contribution in [0.25, 0.3) is 0 Å². The second kappa shape index (κ2) is 6.24. The Morgan fingerprint density at radius 2 is 2.00 bits per heavy atom. The number of benzene rings is 1. The molecule has 1 N–H and O–H groups in total. The lowest BCUT2D eigenvalue weighted by Gasteiger charge is -2.47. The SMILES string of the molecule is CNC(C)c1c(OC)cccc1N1CCN(C)C(C)(C)C1. The highest BCUT2D eigenvalue weighted by atomic mass is 16.5. The maximum Gasteiger partial charge on any atom is 0.125 e. The van der Waals surface area contributed by atoms with E-state index >= 15 is 0 Å². The fourth-order valence-electron chi connectivity index (χ4n) is 3.01. The van der Waals surface area contributed by atoms with E-state index in [1.807, 2.05) is 13.1 Å². The van der Waals surface area contributed by atoms with Gasteiger partial charge >= 0.3 is 0 Å². The number of hydrogen-bond donors (Lipinski definition) is 1. The van der Waals surface area contributed by atoms with Gasteiger partial charge in [-0.2, -0.15) is 0 Å². The highest BCUT2D eigenvalue weighted by molar-refractivity contribution is 5.61. The fourth-order valence-corrected chi connectivity index (χ4v) is 3.01. The number of rotatable bonds is 4. The van der Waals surface area contributed by atoms with Crippen LogP contribution >= 0.6 is 0 Å². The highest BCUT2D eigenvalue weighted by Crippen LogP contribution is 2.36. The lowest BCUT2D eigenvalue weighted by Crippen LogP contribution is -2.58. The number of ether oxygens (including phenoxy) is 1. The summed E-state index contributed by atoms with van der Waals surface area (Å²) in [6, 6.07) is 6.62. The summed E-state index contributed by atoms with van der Waals surface area (Å²) in [6.45, 7) is 9.96. The third kappa shape index (κ3) is 3.16. The van der Waals surface area contributed by atoms with E-state index in [1.54, 1.807) is 7.11 Å². The van der Waals surface area contributed by atoms with Crippen LogP contribution in [0.3, 0.4) is 0 Å². The van der Waals surface area contributed by atoms with Crippen molar-refractivity contribution in [1.82, 2.24) is 10.2 Å². The molecule has 0 bridgehead atoms. The van der Waals surface area contributed by atoms with Crippen molar-refractivity contribution in [2.24, 2.45) is 0 Å². The van der Waals surface area contributed by atoms with Gasteiger partial charge in [0.2, 0.25) is 0 Å². The van der Waals surface area contributed by atoms with Gasteiger partial charge in [0.15, 0.2) is 0 Å². The molecule has 1 atom stereocenters. The molecule has 0 saturated carbocycles. The molecule has 4 nitrogen and oxygen atoms in total. The summed E-state index contributed by atoms with van der Waals surface area (Å²) in [4.78, 5) is 4.93. The lowest BCUT2D eigenvalue weighted by atomic mass is 9.97. The number of nitrogens with one attached hydrogen (secondary N) is 1. The second-order valence-corrected chi connectivity index (χ2v) is 6.56. The molecule has 1 heterocycles. The molecule has 0 spiro atoms. The van der Waals surface area contributed by atoms with Crippen LogP contribution in [0, 0.1) is 0 Å². The van der Waals surface area contributed by atoms with Crippen molar-refractivity contribution in [2.75, 3.05) is 45.7 Å². The van der Waals surface area contributed by atoms with Crippen LogP contribution < -0.4 is 15.0 Å². The Bertz CT molecular complexity index is 487. The molecule has 1 aromatic rings. The molecule has 1 aliphatic rings. The quantitative estimate of drug-likeness (QED) is 0.922. The lowest BCUT2D eigenvalue weighted by molar-refractivity contribution is 0.138. The predicted octanol–water partition coefficient (Wildman–Crippen LogP) is 2.51. The van der Waals surface area contributed by atoms with Gasteiger partial charge in [-0.25, -0.2) is 0 Å². The van der Waals surface area contributed by atoms with Gasteiger partial charge in [0.05, 0.1) is 7.11 Å². The van der Waals surface area contributed by atoms with E-state index in [0.717, 1.165) is 25.4 Å². The van der Waals surface area contributed by atoms with E-state index in [2.05, 4.69) is 55.1 Å². The number of hydrogen-bond acceptors (Lipinski definition) is 4. The van der Waals surface area contributed by atoms with Crippen LogP contribution in [0.2, 0.25) is 0 Å². The van der Waals surface area contributed by atoms with E-state index in [4.69, 9.17) is 4.74 Å². The number of anilines is 1. The van der Waals surface area contributed by atoms with Crippen LogP contribution in [-0.2, 0) is 0 Å². The molecule has 118 valence electrons. The zero-order chi connectivity index (χ0) is 15.6. The summed E-state index contributed by atoms with van der Waals surface area (Å²) >= 11 is 0. The van der Waals surface area contributed by atoms with E-state index < -0.39 is 0 Å². The zero-order valence-corrected chi connectivity index (χ0v) is 14.2. The fraction of sp³-hybridized carbons (Fsp3) is 0.647. The van der Waals surface area contributed by atoms with Crippen molar-refractivity contribution in [2.45, 2.75) is 32.4 Å². The molecule has 4 heteroatoms. The number of nitrogens with zero attached hydrogens (tertiary/aromatic N) is 2. The Labute approximate surface area is 129 Å². The van der Waals surface area contributed by atoms with Crippen LogP contribution in [0.1, 0.15) is 32.4 Å². The van der Waals surface area contributed by atoms with Crippen LogP contribution in [0.5, 0.6) is 5.75 Å². The van der Waals surface area contributed by atoms with Crippen LogP contribution in [0.15, 0.2) is 18.2 Å². The summed E-state index contributed by atoms with van der Waals surface area (Å²) < 4.78 is 5.60. The first-order valence-electron chi connectivity index (χ1n) is 7.71. The van der Waals surface area contributed by atoms with Crippen LogP contribution in [-0.4, -0.2) is 51.3 Å². The molecule has 0 amide bonds. The minimum atomic E-state index is 0.182. The standard InChI is InChI=1S/C17H29N3O/c1-13(18-4)16-14(8-7-9-15(16)21-6)20-11-10-19(5)17(2,3)12-20/h7-9,13,18H,10-12H2,1-6H3. The van der Waals surface area contributed by atoms with Crippen molar-refractivity contribution in [1.29, 1.82) is 0 Å². The van der Waals surface area contributed by atoms with Gasteiger partial charge < -0.3 is 15.0 Å². The summed E-state index contributed by atoms with van der Waals surface area (Å²) in [6.07, 6.45) is 0. The van der Waals surface area contributed by atoms with Gasteiger partial charge in [0, 0.05) is 42.5 Å². The Kier molecular flexibility index (Phi) is 4.79. The maximum absolute atomic E-state index is 5.60. The Balaban J connectivity index is 2.39. The molecular formula is C17H29N3O. The third-order valence-corrected chi connectivity index (χ3v) is 4.79. The van der Waals surface area contributed by atoms with Gasteiger partial charge in [-0.05, 0) is 47.0 Å². The molecule has 1 aliphatic heterocycles. The Morgan fingerprint density at radius 3 is 2.57 bits per heavy atom. The minimum Gasteiger partial charge on any atom is -0.496 e. The average molecular weight is 291 g/mol. The summed E-state index contributed by atoms with van der Waals surface area (Å²) in [5, 5.41) is 3.35. The van der Waals surface area contributed by atoms with Crippen molar-refractivity contribution in [3.63, 3.8) is 0 Å². The zero-order valence-electron chi connectivity index (χ0n) is 14.2. The van der Waals surface area contributed by atoms with Gasteiger partial charge in [0.25, 0.3) is 0 Å². The first-order chi connectivity index (χ1) is 9.90. The summed E-state index contributed by atoms with van der Waals surface area (Å²) in [7, 11) is 5.95. The molecule has 0 aromatic heterocycles. The summed E-state index contributed by atoms with van der Waals surface area (Å²) in [5.74, 6) is 0.964. The maximum atomic E-state index is 5.60. The second-order valence-electron chi connectivity index (χ2n) is 6.56. The van der Waals surface area contributed by atoms with Gasteiger partial charge in [-0.1, -0.05) is 6.07 Å². The highest BCUT2D eigenvalue weighted by Gasteiger charge is 2.32. The minimum absolute atomic E-state index is 0.182. The molecule has 1 saturated heterocycles. The average Bonchev–Trinajstić information content (AvgIpc) is 2.48. The smallest absolute Gasteiger partial charge is 0.125 e. The molecular weight excluding hydrogens is 262 g/mol.